The lowest BCUT2D eigenvalue weighted by molar-refractivity contribution is -0.119. The van der Waals surface area contributed by atoms with Gasteiger partial charge in [0.2, 0.25) is 5.91 Å². The van der Waals surface area contributed by atoms with Crippen molar-refractivity contribution in [3.63, 3.8) is 0 Å². The zero-order chi connectivity index (χ0) is 24.1. The quantitative estimate of drug-likeness (QED) is 0.615. The summed E-state index contributed by atoms with van der Waals surface area (Å²) in [7, 11) is 0. The highest BCUT2D eigenvalue weighted by molar-refractivity contribution is 5.90. The van der Waals surface area contributed by atoms with Gasteiger partial charge in [0.05, 0.1) is 25.4 Å². The molecule has 0 bridgehead atoms. The van der Waals surface area contributed by atoms with Crippen molar-refractivity contribution in [3.8, 4) is 11.1 Å². The van der Waals surface area contributed by atoms with Gasteiger partial charge in [-0.2, -0.15) is 0 Å². The zero-order valence-electron chi connectivity index (χ0n) is 19.4. The fraction of sp³-hybridized carbons (Fsp3) is 0.440. The first-order chi connectivity index (χ1) is 16.4. The van der Waals surface area contributed by atoms with E-state index in [4.69, 9.17) is 9.84 Å². The predicted octanol–water partition coefficient (Wildman–Crippen LogP) is 2.06. The van der Waals surface area contributed by atoms with E-state index in [0.717, 1.165) is 44.8 Å². The van der Waals surface area contributed by atoms with Crippen molar-refractivity contribution < 1.29 is 23.8 Å². The van der Waals surface area contributed by atoms with Crippen molar-refractivity contribution in [1.82, 2.24) is 15.1 Å². The monoisotopic (exact) mass is 470 g/mol. The van der Waals surface area contributed by atoms with Gasteiger partial charge in [-0.15, -0.1) is 0 Å². The van der Waals surface area contributed by atoms with Gasteiger partial charge in [-0.3, -0.25) is 19.5 Å². The molecular formula is C25H31FN4O4. The number of anilines is 1. The maximum atomic E-state index is 15.0. The summed E-state index contributed by atoms with van der Waals surface area (Å²) < 4.78 is 20.2. The molecule has 2 fully saturated rings. The fourth-order valence-electron chi connectivity index (χ4n) is 4.36. The van der Waals surface area contributed by atoms with E-state index in [1.165, 1.54) is 23.5 Å². The maximum absolute atomic E-state index is 15.0. The zero-order valence-corrected chi connectivity index (χ0v) is 19.4. The number of nitrogens with zero attached hydrogens (tertiary/aromatic N) is 3. The molecule has 0 aliphatic carbocycles. The number of benzene rings is 2. The van der Waals surface area contributed by atoms with E-state index >= 15 is 0 Å². The summed E-state index contributed by atoms with van der Waals surface area (Å²) >= 11 is 0. The molecule has 9 heteroatoms. The SMILES string of the molecule is CC(=O)NC[C@H]1CN(c2ccc(-c3ccc(CN4CCN(CCO)CC4)cc3)c(F)c2)C(=O)O1. The summed E-state index contributed by atoms with van der Waals surface area (Å²) in [6.07, 6.45) is -1.02. The normalized spacial score (nSPS) is 19.3. The summed E-state index contributed by atoms with van der Waals surface area (Å²) in [4.78, 5) is 29.3. The lowest BCUT2D eigenvalue weighted by Gasteiger charge is -2.34. The van der Waals surface area contributed by atoms with E-state index in [1.54, 1.807) is 12.1 Å². The molecule has 2 aromatic carbocycles. The molecule has 0 saturated carbocycles. The smallest absolute Gasteiger partial charge is 0.414 e. The summed E-state index contributed by atoms with van der Waals surface area (Å²) in [5, 5.41) is 11.7. The van der Waals surface area contributed by atoms with E-state index in [9.17, 15) is 14.0 Å². The highest BCUT2D eigenvalue weighted by Gasteiger charge is 2.32. The van der Waals surface area contributed by atoms with Crippen molar-refractivity contribution in [2.45, 2.75) is 19.6 Å². The van der Waals surface area contributed by atoms with Gasteiger partial charge in [-0.25, -0.2) is 9.18 Å². The minimum atomic E-state index is -0.552. The Morgan fingerprint density at radius 3 is 2.47 bits per heavy atom. The second-order valence-corrected chi connectivity index (χ2v) is 8.76. The van der Waals surface area contributed by atoms with Crippen LogP contribution in [0.2, 0.25) is 0 Å². The minimum absolute atomic E-state index is 0.195. The number of hydrogen-bond acceptors (Lipinski definition) is 6. The molecule has 2 heterocycles. The first kappa shape index (κ1) is 24.1. The van der Waals surface area contributed by atoms with Crippen LogP contribution in [0.5, 0.6) is 0 Å². The summed E-state index contributed by atoms with van der Waals surface area (Å²) in [5.41, 5.74) is 2.83. The first-order valence-corrected chi connectivity index (χ1v) is 11.6. The fourth-order valence-corrected chi connectivity index (χ4v) is 4.36. The largest absolute Gasteiger partial charge is 0.442 e. The number of rotatable bonds is 8. The molecule has 0 aromatic heterocycles. The van der Waals surface area contributed by atoms with Crippen LogP contribution in [0.25, 0.3) is 11.1 Å². The summed E-state index contributed by atoms with van der Waals surface area (Å²) in [6.45, 7) is 7.46. The maximum Gasteiger partial charge on any atom is 0.414 e. The van der Waals surface area contributed by atoms with Crippen molar-refractivity contribution in [2.24, 2.45) is 0 Å². The Hall–Kier alpha value is -3.01. The summed E-state index contributed by atoms with van der Waals surface area (Å²) in [5.74, 6) is -0.611. The third-order valence-electron chi connectivity index (χ3n) is 6.27. The number of carbonyl (C=O) groups is 2. The topological polar surface area (TPSA) is 85.4 Å². The molecule has 2 amide bonds. The van der Waals surface area contributed by atoms with Crippen molar-refractivity contribution in [3.05, 3.63) is 53.8 Å². The van der Waals surface area contributed by atoms with E-state index in [-0.39, 0.29) is 25.6 Å². The molecule has 0 spiro atoms. The van der Waals surface area contributed by atoms with Crippen LogP contribution in [-0.4, -0.2) is 85.4 Å². The third kappa shape index (κ3) is 5.91. The Morgan fingerprint density at radius 2 is 1.82 bits per heavy atom. The molecular weight excluding hydrogens is 439 g/mol. The average molecular weight is 471 g/mol. The van der Waals surface area contributed by atoms with Crippen LogP contribution in [0.1, 0.15) is 12.5 Å². The molecule has 182 valence electrons. The van der Waals surface area contributed by atoms with Crippen molar-refractivity contribution >= 4 is 17.7 Å². The first-order valence-electron chi connectivity index (χ1n) is 11.6. The predicted molar refractivity (Wildman–Crippen MR) is 127 cm³/mol. The van der Waals surface area contributed by atoms with Crippen LogP contribution in [0.3, 0.4) is 0 Å². The van der Waals surface area contributed by atoms with Crippen molar-refractivity contribution in [1.29, 1.82) is 0 Å². The highest BCUT2D eigenvalue weighted by atomic mass is 19.1. The Morgan fingerprint density at radius 1 is 1.12 bits per heavy atom. The number of halogens is 1. The van der Waals surface area contributed by atoms with Crippen LogP contribution in [0.15, 0.2) is 42.5 Å². The number of aliphatic hydroxyl groups excluding tert-OH is 1. The van der Waals surface area contributed by atoms with Crippen LogP contribution in [-0.2, 0) is 16.1 Å². The van der Waals surface area contributed by atoms with Gasteiger partial charge in [0.15, 0.2) is 0 Å². The van der Waals surface area contributed by atoms with E-state index < -0.39 is 18.0 Å². The molecule has 2 aromatic rings. The molecule has 1 atom stereocenters. The second-order valence-electron chi connectivity index (χ2n) is 8.76. The number of carbonyl (C=O) groups excluding carboxylic acids is 2. The number of nitrogens with one attached hydrogen (secondary N) is 1. The molecule has 2 aliphatic heterocycles. The molecule has 34 heavy (non-hydrogen) atoms. The van der Waals surface area contributed by atoms with Gasteiger partial charge >= 0.3 is 6.09 Å². The van der Waals surface area contributed by atoms with Gasteiger partial charge in [0.25, 0.3) is 0 Å². The average Bonchev–Trinajstić information content (AvgIpc) is 3.20. The van der Waals surface area contributed by atoms with E-state index in [1.807, 2.05) is 24.3 Å². The number of β-amino-alcohol motifs (C(OH)–C–C–N with tert-alkyl or cyclic N) is 1. The molecule has 2 N–H and O–H groups in total. The number of amides is 2. The number of cyclic esters (lactones) is 1. The van der Waals surface area contributed by atoms with Gasteiger partial charge in [0, 0.05) is 51.8 Å². The Kier molecular flexibility index (Phi) is 7.77. The Labute approximate surface area is 198 Å². The molecule has 8 nitrogen and oxygen atoms in total. The van der Waals surface area contributed by atoms with Crippen LogP contribution in [0, 0.1) is 5.82 Å². The standard InChI is InChI=1S/C25H31FN4O4/c1-18(32)27-15-22-17-30(25(33)34-22)21-6-7-23(24(26)14-21)20-4-2-19(3-5-20)16-29-10-8-28(9-11-29)12-13-31/h2-7,14,22,31H,8-13,15-17H2,1H3,(H,27,32)/t22-/m0/s1. The summed E-state index contributed by atoms with van der Waals surface area (Å²) in [6, 6.07) is 12.6. The van der Waals surface area contributed by atoms with Crippen molar-refractivity contribution in [2.75, 3.05) is 57.3 Å². The van der Waals surface area contributed by atoms with Crippen LogP contribution in [0.4, 0.5) is 14.9 Å². The lowest BCUT2D eigenvalue weighted by Crippen LogP contribution is -2.46. The Bertz CT molecular complexity index is 1010. The lowest BCUT2D eigenvalue weighted by atomic mass is 10.0. The second kappa shape index (κ2) is 10.9. The van der Waals surface area contributed by atoms with Gasteiger partial charge < -0.3 is 15.2 Å². The van der Waals surface area contributed by atoms with E-state index in [0.29, 0.717) is 11.3 Å². The molecule has 0 radical (unpaired) electrons. The molecule has 2 saturated heterocycles. The van der Waals surface area contributed by atoms with Gasteiger partial charge in [-0.05, 0) is 29.3 Å². The number of piperazine rings is 1. The number of hydrogen-bond donors (Lipinski definition) is 2. The third-order valence-corrected chi connectivity index (χ3v) is 6.27. The van der Waals surface area contributed by atoms with Gasteiger partial charge in [0.1, 0.15) is 11.9 Å². The Balaban J connectivity index is 1.37. The van der Waals surface area contributed by atoms with Gasteiger partial charge in [-0.1, -0.05) is 24.3 Å². The molecule has 0 unspecified atom stereocenters. The minimum Gasteiger partial charge on any atom is -0.442 e. The molecule has 2 aliphatic rings. The van der Waals surface area contributed by atoms with Crippen LogP contribution >= 0.6 is 0 Å². The van der Waals surface area contributed by atoms with E-state index in [2.05, 4.69) is 15.1 Å². The number of aliphatic hydroxyl groups is 1. The number of ether oxygens (including phenoxy) is 1. The van der Waals surface area contributed by atoms with Crippen LogP contribution < -0.4 is 10.2 Å². The molecule has 4 rings (SSSR count). The highest BCUT2D eigenvalue weighted by Crippen LogP contribution is 2.29.